The molecule has 0 saturated heterocycles. The standard InChI is InChI=1S/C15H14ClNO4/c1-9-5-10(2)15(13(6-9)17(19)20)21-14-7-12(16)4-3-11(14)8-18/h3-7,18H,8H2,1-2H3. The maximum atomic E-state index is 11.2. The number of nitro groups is 1. The molecule has 0 saturated carbocycles. The molecule has 2 rings (SSSR count). The van der Waals surface area contributed by atoms with Gasteiger partial charge in [0.1, 0.15) is 5.75 Å². The highest BCUT2D eigenvalue weighted by Crippen LogP contribution is 2.37. The van der Waals surface area contributed by atoms with E-state index < -0.39 is 4.92 Å². The molecule has 0 radical (unpaired) electrons. The summed E-state index contributed by atoms with van der Waals surface area (Å²) in [6.07, 6.45) is 0. The van der Waals surface area contributed by atoms with Crippen LogP contribution >= 0.6 is 11.6 Å². The zero-order valence-electron chi connectivity index (χ0n) is 11.6. The molecule has 0 aliphatic heterocycles. The summed E-state index contributed by atoms with van der Waals surface area (Å²) in [5.74, 6) is 0.461. The van der Waals surface area contributed by atoms with Crippen LogP contribution < -0.4 is 4.74 Å². The van der Waals surface area contributed by atoms with Crippen molar-refractivity contribution in [3.63, 3.8) is 0 Å². The molecule has 2 aromatic rings. The van der Waals surface area contributed by atoms with Crippen LogP contribution in [-0.2, 0) is 6.61 Å². The number of halogens is 1. The fourth-order valence-electron chi connectivity index (χ4n) is 2.06. The minimum atomic E-state index is -0.488. The van der Waals surface area contributed by atoms with Crippen molar-refractivity contribution < 1.29 is 14.8 Å². The van der Waals surface area contributed by atoms with E-state index in [1.54, 1.807) is 32.0 Å². The van der Waals surface area contributed by atoms with E-state index >= 15 is 0 Å². The number of aryl methyl sites for hydroxylation is 2. The first-order valence-corrected chi connectivity index (χ1v) is 6.63. The van der Waals surface area contributed by atoms with Gasteiger partial charge in [-0.3, -0.25) is 10.1 Å². The van der Waals surface area contributed by atoms with Crippen molar-refractivity contribution in [1.82, 2.24) is 0 Å². The molecule has 0 amide bonds. The predicted octanol–water partition coefficient (Wildman–Crippen LogP) is 4.15. The topological polar surface area (TPSA) is 72.6 Å². The van der Waals surface area contributed by atoms with Gasteiger partial charge in [0.15, 0.2) is 0 Å². The Hall–Kier alpha value is -2.11. The number of ether oxygens (including phenoxy) is 1. The summed E-state index contributed by atoms with van der Waals surface area (Å²) in [5, 5.41) is 20.9. The van der Waals surface area contributed by atoms with E-state index in [-0.39, 0.29) is 18.0 Å². The molecule has 0 unspecified atom stereocenters. The normalized spacial score (nSPS) is 10.5. The van der Waals surface area contributed by atoms with Gasteiger partial charge in [-0.2, -0.15) is 0 Å². The van der Waals surface area contributed by atoms with Crippen molar-refractivity contribution in [3.05, 3.63) is 62.2 Å². The van der Waals surface area contributed by atoms with Crippen molar-refractivity contribution in [1.29, 1.82) is 0 Å². The summed E-state index contributed by atoms with van der Waals surface area (Å²) < 4.78 is 5.67. The van der Waals surface area contributed by atoms with E-state index in [2.05, 4.69) is 0 Å². The SMILES string of the molecule is Cc1cc(C)c(Oc2cc(Cl)ccc2CO)c([N+](=O)[O-])c1. The average Bonchev–Trinajstić information content (AvgIpc) is 2.41. The van der Waals surface area contributed by atoms with Gasteiger partial charge in [-0.05, 0) is 37.1 Å². The third-order valence-corrected chi connectivity index (χ3v) is 3.24. The Morgan fingerprint density at radius 1 is 1.29 bits per heavy atom. The van der Waals surface area contributed by atoms with Crippen molar-refractivity contribution in [2.45, 2.75) is 20.5 Å². The molecule has 0 fully saturated rings. The van der Waals surface area contributed by atoms with E-state index in [0.717, 1.165) is 5.56 Å². The molecular weight excluding hydrogens is 294 g/mol. The van der Waals surface area contributed by atoms with Gasteiger partial charge >= 0.3 is 5.69 Å². The first kappa shape index (κ1) is 15.3. The fraction of sp³-hybridized carbons (Fsp3) is 0.200. The van der Waals surface area contributed by atoms with Gasteiger partial charge in [-0.15, -0.1) is 0 Å². The minimum Gasteiger partial charge on any atom is -0.449 e. The summed E-state index contributed by atoms with van der Waals surface area (Å²) in [6.45, 7) is 3.27. The van der Waals surface area contributed by atoms with Gasteiger partial charge in [0.2, 0.25) is 5.75 Å². The Bertz CT molecular complexity index is 700. The second-order valence-electron chi connectivity index (χ2n) is 4.70. The molecule has 0 aliphatic carbocycles. The predicted molar refractivity (Wildman–Crippen MR) is 80.0 cm³/mol. The lowest BCUT2D eigenvalue weighted by molar-refractivity contribution is -0.385. The van der Waals surface area contributed by atoms with Crippen LogP contribution in [0.3, 0.4) is 0 Å². The number of aliphatic hydroxyl groups is 1. The van der Waals surface area contributed by atoms with E-state index in [9.17, 15) is 15.2 Å². The highest BCUT2D eigenvalue weighted by molar-refractivity contribution is 6.30. The number of nitro benzene ring substituents is 1. The van der Waals surface area contributed by atoms with E-state index in [0.29, 0.717) is 21.9 Å². The molecule has 1 N–H and O–H groups in total. The zero-order chi connectivity index (χ0) is 15.6. The molecule has 110 valence electrons. The summed E-state index contributed by atoms with van der Waals surface area (Å²) in [4.78, 5) is 10.7. The molecule has 21 heavy (non-hydrogen) atoms. The third kappa shape index (κ3) is 3.32. The van der Waals surface area contributed by atoms with Crippen molar-refractivity contribution >= 4 is 17.3 Å². The lowest BCUT2D eigenvalue weighted by Gasteiger charge is -2.13. The van der Waals surface area contributed by atoms with Crippen LogP contribution in [0.15, 0.2) is 30.3 Å². The van der Waals surface area contributed by atoms with Gasteiger partial charge < -0.3 is 9.84 Å². The number of benzene rings is 2. The fourth-order valence-corrected chi connectivity index (χ4v) is 2.23. The smallest absolute Gasteiger partial charge is 0.312 e. The average molecular weight is 308 g/mol. The zero-order valence-corrected chi connectivity index (χ0v) is 12.3. The van der Waals surface area contributed by atoms with Crippen LogP contribution in [0, 0.1) is 24.0 Å². The maximum absolute atomic E-state index is 11.2. The number of aliphatic hydroxyl groups excluding tert-OH is 1. The Balaban J connectivity index is 2.54. The molecular formula is C15H14ClNO4. The molecule has 6 heteroatoms. The van der Waals surface area contributed by atoms with Gasteiger partial charge in [0.05, 0.1) is 11.5 Å². The maximum Gasteiger partial charge on any atom is 0.312 e. The number of hydrogen-bond donors (Lipinski definition) is 1. The van der Waals surface area contributed by atoms with Crippen LogP contribution in [-0.4, -0.2) is 10.0 Å². The molecule has 0 heterocycles. The largest absolute Gasteiger partial charge is 0.449 e. The van der Waals surface area contributed by atoms with Crippen LogP contribution in [0.5, 0.6) is 11.5 Å². The number of hydrogen-bond acceptors (Lipinski definition) is 4. The third-order valence-electron chi connectivity index (χ3n) is 3.01. The molecule has 0 aliphatic rings. The van der Waals surface area contributed by atoms with Crippen LogP contribution in [0.1, 0.15) is 16.7 Å². The molecule has 0 atom stereocenters. The van der Waals surface area contributed by atoms with E-state index in [1.807, 2.05) is 0 Å². The van der Waals surface area contributed by atoms with Crippen LogP contribution in [0.25, 0.3) is 0 Å². The van der Waals surface area contributed by atoms with Crippen LogP contribution in [0.4, 0.5) is 5.69 Å². The Kier molecular flexibility index (Phi) is 4.45. The monoisotopic (exact) mass is 307 g/mol. The molecule has 0 aromatic heterocycles. The Labute approximate surface area is 126 Å². The summed E-state index contributed by atoms with van der Waals surface area (Å²) >= 11 is 5.91. The minimum absolute atomic E-state index is 0.114. The second-order valence-corrected chi connectivity index (χ2v) is 5.14. The molecule has 0 spiro atoms. The molecule has 2 aromatic carbocycles. The van der Waals surface area contributed by atoms with Crippen molar-refractivity contribution in [2.24, 2.45) is 0 Å². The molecule has 0 bridgehead atoms. The van der Waals surface area contributed by atoms with Gasteiger partial charge in [-0.25, -0.2) is 0 Å². The molecule has 5 nitrogen and oxygen atoms in total. The van der Waals surface area contributed by atoms with E-state index in [4.69, 9.17) is 16.3 Å². The second kappa shape index (κ2) is 6.11. The Morgan fingerprint density at radius 2 is 2.00 bits per heavy atom. The van der Waals surface area contributed by atoms with Gasteiger partial charge in [0, 0.05) is 16.7 Å². The Morgan fingerprint density at radius 3 is 2.62 bits per heavy atom. The number of rotatable bonds is 4. The first-order chi connectivity index (χ1) is 9.92. The summed E-state index contributed by atoms with van der Waals surface area (Å²) in [7, 11) is 0. The van der Waals surface area contributed by atoms with Crippen LogP contribution in [0.2, 0.25) is 5.02 Å². The van der Waals surface area contributed by atoms with E-state index in [1.165, 1.54) is 12.1 Å². The lowest BCUT2D eigenvalue weighted by atomic mass is 10.1. The lowest BCUT2D eigenvalue weighted by Crippen LogP contribution is -1.99. The van der Waals surface area contributed by atoms with Gasteiger partial charge in [0.25, 0.3) is 0 Å². The highest BCUT2D eigenvalue weighted by Gasteiger charge is 2.20. The highest BCUT2D eigenvalue weighted by atomic mass is 35.5. The number of nitrogens with zero attached hydrogens (tertiary/aromatic N) is 1. The summed E-state index contributed by atoms with van der Waals surface area (Å²) in [5.41, 5.74) is 1.82. The van der Waals surface area contributed by atoms with Crippen molar-refractivity contribution in [2.75, 3.05) is 0 Å². The summed E-state index contributed by atoms with van der Waals surface area (Å²) in [6, 6.07) is 8.01. The van der Waals surface area contributed by atoms with Crippen molar-refractivity contribution in [3.8, 4) is 11.5 Å². The van der Waals surface area contributed by atoms with Gasteiger partial charge in [-0.1, -0.05) is 23.7 Å². The quantitative estimate of drug-likeness (QED) is 0.680. The first-order valence-electron chi connectivity index (χ1n) is 6.25.